The number of nitrogens with zero attached hydrogens (tertiary/aromatic N) is 3. The van der Waals surface area contributed by atoms with E-state index >= 15 is 0 Å². The molecule has 0 aromatic heterocycles. The van der Waals surface area contributed by atoms with Crippen molar-refractivity contribution in [2.45, 2.75) is 58.4 Å². The third-order valence-electron chi connectivity index (χ3n) is 5.80. The van der Waals surface area contributed by atoms with E-state index in [1.54, 1.807) is 0 Å². The van der Waals surface area contributed by atoms with Crippen LogP contribution in [0.4, 0.5) is 0 Å². The number of hydrogen-bond acceptors (Lipinski definition) is 3. The fourth-order valence-electron chi connectivity index (χ4n) is 3.71. The molecule has 6 heteroatoms. The molecule has 6 nitrogen and oxygen atoms in total. The van der Waals surface area contributed by atoms with Crippen LogP contribution in [0, 0.1) is 5.92 Å². The van der Waals surface area contributed by atoms with Gasteiger partial charge >= 0.3 is 0 Å². The maximum atomic E-state index is 6.20. The van der Waals surface area contributed by atoms with Crippen molar-refractivity contribution in [3.05, 3.63) is 59.7 Å². The fourth-order valence-corrected chi connectivity index (χ4v) is 3.71. The first-order chi connectivity index (χ1) is 15.1. The average Bonchev–Trinajstić information content (AvgIpc) is 2.78. The van der Waals surface area contributed by atoms with Crippen LogP contribution in [-0.2, 0) is 6.54 Å². The van der Waals surface area contributed by atoms with E-state index in [2.05, 4.69) is 41.3 Å². The molecular weight excluding hydrogens is 384 g/mol. The summed E-state index contributed by atoms with van der Waals surface area (Å²) in [6.45, 7) is 2.77. The summed E-state index contributed by atoms with van der Waals surface area (Å²) in [5.74, 6) is 8.00. The molecule has 0 amide bonds. The lowest BCUT2D eigenvalue weighted by Crippen LogP contribution is -2.22. The highest BCUT2D eigenvalue weighted by Crippen LogP contribution is 2.29. The summed E-state index contributed by atoms with van der Waals surface area (Å²) in [5, 5.41) is 3.64. The quantitative estimate of drug-likeness (QED) is 0.240. The summed E-state index contributed by atoms with van der Waals surface area (Å²) in [6, 6.07) is 16.2. The molecule has 0 aliphatic heterocycles. The van der Waals surface area contributed by atoms with Crippen molar-refractivity contribution in [3.63, 3.8) is 0 Å². The van der Waals surface area contributed by atoms with Crippen LogP contribution in [0.3, 0.4) is 0 Å². The van der Waals surface area contributed by atoms with Crippen molar-refractivity contribution in [2.24, 2.45) is 38.3 Å². The Labute approximate surface area is 185 Å². The summed E-state index contributed by atoms with van der Waals surface area (Å²) in [6.07, 6.45) is 7.81. The van der Waals surface area contributed by atoms with Crippen molar-refractivity contribution < 1.29 is 0 Å². The second-order valence-electron chi connectivity index (χ2n) is 8.20. The third kappa shape index (κ3) is 6.41. The first-order valence-electron chi connectivity index (χ1n) is 11.2. The molecule has 1 aliphatic rings. The number of benzene rings is 2. The number of amidine groups is 3. The molecule has 0 saturated heterocycles. The number of unbranched alkanes of at least 4 members (excludes halogenated alkanes) is 1. The lowest BCUT2D eigenvalue weighted by Gasteiger charge is -2.24. The van der Waals surface area contributed by atoms with Gasteiger partial charge in [0.1, 0.15) is 11.7 Å². The zero-order valence-corrected chi connectivity index (χ0v) is 18.4. The second-order valence-corrected chi connectivity index (χ2v) is 8.20. The largest absolute Gasteiger partial charge is 0.387 e. The first kappa shape index (κ1) is 22.5. The van der Waals surface area contributed by atoms with E-state index < -0.39 is 0 Å². The van der Waals surface area contributed by atoms with Crippen molar-refractivity contribution in [3.8, 4) is 11.1 Å². The predicted molar refractivity (Wildman–Crippen MR) is 131 cm³/mol. The highest BCUT2D eigenvalue weighted by atomic mass is 15.2. The molecule has 2 aromatic carbocycles. The van der Waals surface area contributed by atoms with E-state index in [1.807, 2.05) is 24.3 Å². The Kier molecular flexibility index (Phi) is 8.21. The summed E-state index contributed by atoms with van der Waals surface area (Å²) in [5.41, 5.74) is 16.2. The van der Waals surface area contributed by atoms with Gasteiger partial charge in [-0.2, -0.15) is 5.10 Å². The van der Waals surface area contributed by atoms with Crippen molar-refractivity contribution in [1.82, 2.24) is 0 Å². The number of rotatable bonds is 9. The van der Waals surface area contributed by atoms with E-state index in [1.165, 1.54) is 19.3 Å². The van der Waals surface area contributed by atoms with Crippen molar-refractivity contribution in [1.29, 1.82) is 0 Å². The Morgan fingerprint density at radius 3 is 2.42 bits per heavy atom. The van der Waals surface area contributed by atoms with E-state index in [4.69, 9.17) is 22.3 Å². The van der Waals surface area contributed by atoms with Gasteiger partial charge in [0.2, 0.25) is 0 Å². The smallest absolute Gasteiger partial charge is 0.150 e. The molecular formula is C25H34N6. The van der Waals surface area contributed by atoms with Gasteiger partial charge < -0.3 is 17.3 Å². The molecule has 0 heterocycles. The molecule has 3 rings (SSSR count). The van der Waals surface area contributed by atoms with Gasteiger partial charge in [-0.05, 0) is 29.0 Å². The van der Waals surface area contributed by atoms with Crippen molar-refractivity contribution >= 4 is 17.5 Å². The number of hydrogen-bond donors (Lipinski definition) is 3. The molecule has 31 heavy (non-hydrogen) atoms. The van der Waals surface area contributed by atoms with Crippen molar-refractivity contribution in [2.75, 3.05) is 0 Å². The van der Waals surface area contributed by atoms with E-state index in [9.17, 15) is 0 Å². The highest BCUT2D eigenvalue weighted by molar-refractivity contribution is 6.03. The Morgan fingerprint density at radius 2 is 1.77 bits per heavy atom. The molecule has 0 atom stereocenters. The minimum absolute atomic E-state index is 0.321. The number of nitrogens with two attached hydrogens (primary N) is 3. The molecule has 164 valence electrons. The predicted octanol–water partition coefficient (Wildman–Crippen LogP) is 4.57. The zero-order valence-electron chi connectivity index (χ0n) is 18.4. The Balaban J connectivity index is 1.72. The molecule has 0 radical (unpaired) electrons. The van der Waals surface area contributed by atoms with Crippen LogP contribution in [0.25, 0.3) is 11.1 Å². The maximum Gasteiger partial charge on any atom is 0.150 e. The lowest BCUT2D eigenvalue weighted by molar-refractivity contribution is 0.326. The zero-order chi connectivity index (χ0) is 22.1. The van der Waals surface area contributed by atoms with E-state index in [-0.39, 0.29) is 0 Å². The van der Waals surface area contributed by atoms with Crippen LogP contribution in [0.15, 0.2) is 63.6 Å². The fraction of sp³-hybridized carbons (Fsp3) is 0.400. The topological polar surface area (TPSA) is 115 Å². The summed E-state index contributed by atoms with van der Waals surface area (Å²) in [7, 11) is 0. The number of hydrazone groups is 1. The van der Waals surface area contributed by atoms with Gasteiger partial charge in [-0.1, -0.05) is 81.1 Å². The Hall–Kier alpha value is -3.15. The Bertz CT molecular complexity index is 939. The molecule has 0 spiro atoms. The minimum Gasteiger partial charge on any atom is -0.387 e. The molecule has 0 bridgehead atoms. The molecule has 1 fully saturated rings. The van der Waals surface area contributed by atoms with Gasteiger partial charge in [0.25, 0.3) is 0 Å². The molecule has 1 aliphatic carbocycles. The molecule has 0 unspecified atom stereocenters. The van der Waals surface area contributed by atoms with Crippen LogP contribution < -0.4 is 17.3 Å². The lowest BCUT2D eigenvalue weighted by atomic mass is 9.83. The molecule has 1 saturated carbocycles. The van der Waals surface area contributed by atoms with Crippen LogP contribution in [0.5, 0.6) is 0 Å². The van der Waals surface area contributed by atoms with E-state index in [0.717, 1.165) is 59.6 Å². The van der Waals surface area contributed by atoms with Gasteiger partial charge in [0.05, 0.1) is 6.54 Å². The normalized spacial score (nSPS) is 15.7. The highest BCUT2D eigenvalue weighted by Gasteiger charge is 2.18. The standard InChI is InChI=1S/C25H34N6/c1-2-3-11-24(30-23(26)16-18-7-6-8-18)29-17-19-12-14-20(15-13-19)21-9-4-5-10-22(21)25(27)31-28/h4-5,9-10,12-15,18H,2-3,6-8,11,16-17,28H2,1H3,(H2,27,31)(H2,26,29,30). The summed E-state index contributed by atoms with van der Waals surface area (Å²) < 4.78 is 0. The van der Waals surface area contributed by atoms with Gasteiger partial charge in [-0.3, -0.25) is 4.99 Å². The van der Waals surface area contributed by atoms with E-state index in [0.29, 0.717) is 18.3 Å². The molecule has 2 aromatic rings. The molecule has 6 N–H and O–H groups in total. The second kappa shape index (κ2) is 11.3. The van der Waals surface area contributed by atoms with Crippen LogP contribution >= 0.6 is 0 Å². The Morgan fingerprint density at radius 1 is 1.03 bits per heavy atom. The third-order valence-corrected chi connectivity index (χ3v) is 5.80. The first-order valence-corrected chi connectivity index (χ1v) is 11.2. The van der Waals surface area contributed by atoms with Crippen LogP contribution in [-0.4, -0.2) is 17.5 Å². The maximum absolute atomic E-state index is 6.20. The van der Waals surface area contributed by atoms with Crippen LogP contribution in [0.2, 0.25) is 0 Å². The van der Waals surface area contributed by atoms with Gasteiger partial charge in [0, 0.05) is 18.4 Å². The van der Waals surface area contributed by atoms with Gasteiger partial charge in [0.15, 0.2) is 5.84 Å². The van der Waals surface area contributed by atoms with Gasteiger partial charge in [-0.15, -0.1) is 0 Å². The monoisotopic (exact) mass is 418 g/mol. The summed E-state index contributed by atoms with van der Waals surface area (Å²) in [4.78, 5) is 9.44. The minimum atomic E-state index is 0.321. The van der Waals surface area contributed by atoms with Gasteiger partial charge in [-0.25, -0.2) is 4.99 Å². The summed E-state index contributed by atoms with van der Waals surface area (Å²) >= 11 is 0. The SMILES string of the molecule is CCCCC(N=C(N)CC1CCC1)=NCc1ccc(-c2ccccc2/C(N)=N/N)cc1. The number of aliphatic imine (C=N–C) groups is 2. The average molecular weight is 419 g/mol. The van der Waals surface area contributed by atoms with Crippen LogP contribution in [0.1, 0.15) is 63.0 Å².